The van der Waals surface area contributed by atoms with E-state index in [1.807, 2.05) is 23.4 Å². The Balaban J connectivity index is 2.27. The van der Waals surface area contributed by atoms with Gasteiger partial charge in [-0.2, -0.15) is 11.3 Å². The van der Waals surface area contributed by atoms with Gasteiger partial charge in [0, 0.05) is 13.6 Å². The average molecular weight is 291 g/mol. The van der Waals surface area contributed by atoms with Gasteiger partial charge in [-0.05, 0) is 35.4 Å². The van der Waals surface area contributed by atoms with Gasteiger partial charge in [-0.1, -0.05) is 0 Å². The number of anilines is 2. The Morgan fingerprint density at radius 1 is 1.55 bits per heavy atom. The minimum Gasteiger partial charge on any atom is -0.462 e. The number of nitrogens with zero attached hydrogens (tertiary/aromatic N) is 2. The molecule has 2 aromatic rings. The van der Waals surface area contributed by atoms with Gasteiger partial charge in [-0.3, -0.25) is 0 Å². The van der Waals surface area contributed by atoms with E-state index in [1.165, 1.54) is 5.56 Å². The molecule has 0 aromatic carbocycles. The molecule has 0 radical (unpaired) electrons. The first kappa shape index (κ1) is 14.3. The number of hydrogen-bond acceptors (Lipinski definition) is 6. The number of ether oxygens (including phenoxy) is 1. The van der Waals surface area contributed by atoms with Crippen molar-refractivity contribution >= 4 is 28.8 Å². The number of thiophene rings is 1. The number of nitrogens with two attached hydrogens (primary N) is 1. The van der Waals surface area contributed by atoms with Gasteiger partial charge in [0.1, 0.15) is 11.4 Å². The fourth-order valence-electron chi connectivity index (χ4n) is 1.87. The second-order valence-electron chi connectivity index (χ2n) is 4.35. The lowest BCUT2D eigenvalue weighted by Crippen LogP contribution is -2.21. The van der Waals surface area contributed by atoms with E-state index in [0.29, 0.717) is 30.2 Å². The summed E-state index contributed by atoms with van der Waals surface area (Å²) in [4.78, 5) is 18.2. The van der Waals surface area contributed by atoms with Crippen LogP contribution in [-0.4, -0.2) is 24.6 Å². The van der Waals surface area contributed by atoms with Crippen LogP contribution in [0.15, 0.2) is 29.1 Å². The molecule has 0 bridgehead atoms. The minimum absolute atomic E-state index is 0.321. The maximum Gasteiger partial charge on any atom is 0.341 e. The molecule has 0 saturated carbocycles. The molecular formula is C14H17N3O2S. The van der Waals surface area contributed by atoms with Crippen molar-refractivity contribution in [3.63, 3.8) is 0 Å². The summed E-state index contributed by atoms with van der Waals surface area (Å²) in [6.07, 6.45) is 1.54. The van der Waals surface area contributed by atoms with Crippen molar-refractivity contribution in [2.75, 3.05) is 24.3 Å². The third kappa shape index (κ3) is 3.27. The predicted molar refractivity (Wildman–Crippen MR) is 81.0 cm³/mol. The highest BCUT2D eigenvalue weighted by Crippen LogP contribution is 2.22. The minimum atomic E-state index is -0.403. The van der Waals surface area contributed by atoms with E-state index in [2.05, 4.69) is 10.4 Å². The highest BCUT2D eigenvalue weighted by Gasteiger charge is 2.17. The van der Waals surface area contributed by atoms with Crippen LogP contribution in [0, 0.1) is 0 Å². The highest BCUT2D eigenvalue weighted by atomic mass is 32.1. The Labute approximate surface area is 122 Å². The van der Waals surface area contributed by atoms with Gasteiger partial charge in [-0.15, -0.1) is 0 Å². The smallest absolute Gasteiger partial charge is 0.341 e. The topological polar surface area (TPSA) is 68.5 Å². The Hall–Kier alpha value is -2.08. The van der Waals surface area contributed by atoms with Gasteiger partial charge < -0.3 is 15.4 Å². The zero-order valence-electron chi connectivity index (χ0n) is 11.5. The second-order valence-corrected chi connectivity index (χ2v) is 5.13. The molecule has 0 aliphatic rings. The Morgan fingerprint density at radius 3 is 3.00 bits per heavy atom. The van der Waals surface area contributed by atoms with E-state index in [1.54, 1.807) is 30.5 Å². The van der Waals surface area contributed by atoms with Crippen molar-refractivity contribution in [2.45, 2.75) is 13.5 Å². The maximum atomic E-state index is 12.0. The quantitative estimate of drug-likeness (QED) is 0.857. The van der Waals surface area contributed by atoms with Crippen LogP contribution in [0.2, 0.25) is 0 Å². The van der Waals surface area contributed by atoms with Gasteiger partial charge in [0.15, 0.2) is 0 Å². The van der Waals surface area contributed by atoms with Gasteiger partial charge in [0.2, 0.25) is 0 Å². The Bertz CT molecular complexity index is 584. The number of pyridine rings is 1. The van der Waals surface area contributed by atoms with Crippen LogP contribution in [0.4, 0.5) is 11.5 Å². The number of carbonyl (C=O) groups is 1. The summed E-state index contributed by atoms with van der Waals surface area (Å²) in [5.41, 5.74) is 7.72. The molecule has 0 atom stereocenters. The van der Waals surface area contributed by atoms with Crippen LogP contribution in [0.1, 0.15) is 22.8 Å². The molecule has 5 nitrogen and oxygen atoms in total. The molecule has 2 N–H and O–H groups in total. The lowest BCUT2D eigenvalue weighted by atomic mass is 10.2. The molecule has 2 aromatic heterocycles. The third-order valence-corrected chi connectivity index (χ3v) is 3.48. The van der Waals surface area contributed by atoms with E-state index < -0.39 is 5.97 Å². The molecule has 0 aliphatic carbocycles. The van der Waals surface area contributed by atoms with Crippen molar-refractivity contribution < 1.29 is 9.53 Å². The SMILES string of the molecule is CCOC(=O)c1cc(N)cnc1N(C)Cc1ccsc1. The molecule has 0 unspecified atom stereocenters. The maximum absolute atomic E-state index is 12.0. The van der Waals surface area contributed by atoms with E-state index in [4.69, 9.17) is 10.5 Å². The largest absolute Gasteiger partial charge is 0.462 e. The molecular weight excluding hydrogens is 274 g/mol. The predicted octanol–water partition coefficient (Wildman–Crippen LogP) is 2.54. The average Bonchev–Trinajstić information content (AvgIpc) is 2.91. The van der Waals surface area contributed by atoms with Crippen LogP contribution < -0.4 is 10.6 Å². The lowest BCUT2D eigenvalue weighted by Gasteiger charge is -2.20. The molecule has 106 valence electrons. The lowest BCUT2D eigenvalue weighted by molar-refractivity contribution is 0.0526. The molecule has 0 fully saturated rings. The van der Waals surface area contributed by atoms with Gasteiger partial charge in [-0.25, -0.2) is 9.78 Å². The van der Waals surface area contributed by atoms with Crippen molar-refractivity contribution in [3.05, 3.63) is 40.2 Å². The van der Waals surface area contributed by atoms with Crippen LogP contribution in [-0.2, 0) is 11.3 Å². The molecule has 0 saturated heterocycles. The van der Waals surface area contributed by atoms with Gasteiger partial charge in [0.05, 0.1) is 18.5 Å². The number of carbonyl (C=O) groups excluding carboxylic acids is 1. The standard InChI is InChI=1S/C14H17N3O2S/c1-3-19-14(18)12-6-11(15)7-16-13(12)17(2)8-10-4-5-20-9-10/h4-7,9H,3,8,15H2,1-2H3. The monoisotopic (exact) mass is 291 g/mol. The normalized spacial score (nSPS) is 10.3. The van der Waals surface area contributed by atoms with E-state index in [0.717, 1.165) is 0 Å². The van der Waals surface area contributed by atoms with E-state index >= 15 is 0 Å². The molecule has 0 aliphatic heterocycles. The first-order valence-corrected chi connectivity index (χ1v) is 7.21. The van der Waals surface area contributed by atoms with Crippen LogP contribution in [0.5, 0.6) is 0 Å². The number of nitrogen functional groups attached to an aromatic ring is 1. The van der Waals surface area contributed by atoms with E-state index in [9.17, 15) is 4.79 Å². The van der Waals surface area contributed by atoms with Crippen LogP contribution in [0.25, 0.3) is 0 Å². The van der Waals surface area contributed by atoms with Crippen molar-refractivity contribution in [2.24, 2.45) is 0 Å². The zero-order chi connectivity index (χ0) is 14.5. The molecule has 0 amide bonds. The molecule has 6 heteroatoms. The van der Waals surface area contributed by atoms with Crippen LogP contribution >= 0.6 is 11.3 Å². The fraction of sp³-hybridized carbons (Fsp3) is 0.286. The van der Waals surface area contributed by atoms with Crippen LogP contribution in [0.3, 0.4) is 0 Å². The summed E-state index contributed by atoms with van der Waals surface area (Å²) >= 11 is 1.64. The first-order chi connectivity index (χ1) is 9.61. The number of hydrogen-bond donors (Lipinski definition) is 1. The highest BCUT2D eigenvalue weighted by molar-refractivity contribution is 7.07. The summed E-state index contributed by atoms with van der Waals surface area (Å²) in [6.45, 7) is 2.76. The van der Waals surface area contributed by atoms with Crippen molar-refractivity contribution in [3.8, 4) is 0 Å². The number of aromatic nitrogens is 1. The van der Waals surface area contributed by atoms with E-state index in [-0.39, 0.29) is 0 Å². The molecule has 2 heterocycles. The van der Waals surface area contributed by atoms with Gasteiger partial charge in [0.25, 0.3) is 0 Å². The van der Waals surface area contributed by atoms with Crippen molar-refractivity contribution in [1.82, 2.24) is 4.98 Å². The summed E-state index contributed by atoms with van der Waals surface area (Å²) in [7, 11) is 1.89. The number of rotatable bonds is 5. The van der Waals surface area contributed by atoms with Crippen molar-refractivity contribution in [1.29, 1.82) is 0 Å². The molecule has 0 spiro atoms. The summed E-state index contributed by atoms with van der Waals surface area (Å²) in [6, 6.07) is 3.65. The summed E-state index contributed by atoms with van der Waals surface area (Å²) in [5.74, 6) is 0.170. The zero-order valence-corrected chi connectivity index (χ0v) is 12.3. The Kier molecular flexibility index (Phi) is 4.57. The first-order valence-electron chi connectivity index (χ1n) is 6.26. The fourth-order valence-corrected chi connectivity index (χ4v) is 2.53. The summed E-state index contributed by atoms with van der Waals surface area (Å²) < 4.78 is 5.05. The van der Waals surface area contributed by atoms with Gasteiger partial charge >= 0.3 is 5.97 Å². The summed E-state index contributed by atoms with van der Waals surface area (Å²) in [5, 5.41) is 4.09. The third-order valence-electron chi connectivity index (χ3n) is 2.74. The second kappa shape index (κ2) is 6.38. The Morgan fingerprint density at radius 2 is 2.35 bits per heavy atom. The number of esters is 1. The molecule has 2 rings (SSSR count). The molecule has 20 heavy (non-hydrogen) atoms.